The molecule has 1 aromatic carbocycles. The SMILES string of the molecule is CCOC(=O)C(N)(N)Cc1cc(C)cc(OC)c1. The highest BCUT2D eigenvalue weighted by Crippen LogP contribution is 2.19. The minimum Gasteiger partial charge on any atom is -0.497 e. The highest BCUT2D eigenvalue weighted by molar-refractivity contribution is 5.80. The number of hydrogen-bond donors (Lipinski definition) is 2. The fourth-order valence-electron chi connectivity index (χ4n) is 1.72. The maximum absolute atomic E-state index is 11.6. The minimum absolute atomic E-state index is 0.198. The molecule has 100 valence electrons. The van der Waals surface area contributed by atoms with Crippen molar-refractivity contribution in [2.45, 2.75) is 25.9 Å². The number of aryl methyl sites for hydroxylation is 1. The lowest BCUT2D eigenvalue weighted by atomic mass is 9.99. The van der Waals surface area contributed by atoms with E-state index in [1.807, 2.05) is 19.1 Å². The number of nitrogens with two attached hydrogens (primary N) is 2. The molecule has 1 aromatic rings. The van der Waals surface area contributed by atoms with Crippen LogP contribution >= 0.6 is 0 Å². The molecule has 0 amide bonds. The van der Waals surface area contributed by atoms with Crippen molar-refractivity contribution in [3.05, 3.63) is 29.3 Å². The number of esters is 1. The minimum atomic E-state index is -1.52. The first-order valence-corrected chi connectivity index (χ1v) is 5.78. The summed E-state index contributed by atoms with van der Waals surface area (Å²) in [6, 6.07) is 5.61. The van der Waals surface area contributed by atoms with E-state index in [-0.39, 0.29) is 13.0 Å². The molecule has 5 nitrogen and oxygen atoms in total. The predicted octanol–water partition coefficient (Wildman–Crippen LogP) is 0.723. The maximum Gasteiger partial charge on any atom is 0.341 e. The van der Waals surface area contributed by atoms with Gasteiger partial charge in [-0.15, -0.1) is 0 Å². The molecule has 0 aliphatic carbocycles. The number of carbonyl (C=O) groups is 1. The van der Waals surface area contributed by atoms with Crippen LogP contribution in [0.25, 0.3) is 0 Å². The summed E-state index contributed by atoms with van der Waals surface area (Å²) in [4.78, 5) is 11.6. The van der Waals surface area contributed by atoms with Crippen molar-refractivity contribution in [1.82, 2.24) is 0 Å². The molecule has 0 fully saturated rings. The molecule has 0 aliphatic heterocycles. The summed E-state index contributed by atoms with van der Waals surface area (Å²) in [5, 5.41) is 0. The first-order valence-electron chi connectivity index (χ1n) is 5.78. The van der Waals surface area contributed by atoms with E-state index >= 15 is 0 Å². The number of benzene rings is 1. The second kappa shape index (κ2) is 5.84. The lowest BCUT2D eigenvalue weighted by Crippen LogP contribution is -2.58. The van der Waals surface area contributed by atoms with Crippen LogP contribution in [0.4, 0.5) is 0 Å². The zero-order chi connectivity index (χ0) is 13.8. The third kappa shape index (κ3) is 3.72. The van der Waals surface area contributed by atoms with E-state index in [1.165, 1.54) is 0 Å². The first kappa shape index (κ1) is 14.5. The first-order chi connectivity index (χ1) is 8.39. The maximum atomic E-state index is 11.6. The monoisotopic (exact) mass is 252 g/mol. The molecule has 0 aromatic heterocycles. The van der Waals surface area contributed by atoms with Crippen molar-refractivity contribution in [3.63, 3.8) is 0 Å². The number of methoxy groups -OCH3 is 1. The topological polar surface area (TPSA) is 87.6 Å². The fourth-order valence-corrected chi connectivity index (χ4v) is 1.72. The Labute approximate surface area is 107 Å². The molecular weight excluding hydrogens is 232 g/mol. The summed E-state index contributed by atoms with van der Waals surface area (Å²) in [5.41, 5.74) is 11.9. The van der Waals surface area contributed by atoms with Crippen LogP contribution < -0.4 is 16.2 Å². The Hall–Kier alpha value is -1.59. The van der Waals surface area contributed by atoms with Crippen molar-refractivity contribution in [2.24, 2.45) is 11.5 Å². The second-order valence-electron chi connectivity index (χ2n) is 4.30. The molecule has 0 unspecified atom stereocenters. The Kier molecular flexibility index (Phi) is 4.69. The number of ether oxygens (including phenoxy) is 2. The van der Waals surface area contributed by atoms with Gasteiger partial charge < -0.3 is 20.9 Å². The summed E-state index contributed by atoms with van der Waals surface area (Å²) in [6.07, 6.45) is 0.198. The molecule has 0 aliphatic rings. The van der Waals surface area contributed by atoms with Crippen LogP contribution in [0, 0.1) is 6.92 Å². The van der Waals surface area contributed by atoms with Gasteiger partial charge in [0.25, 0.3) is 0 Å². The van der Waals surface area contributed by atoms with E-state index in [0.29, 0.717) is 5.75 Å². The largest absolute Gasteiger partial charge is 0.497 e. The van der Waals surface area contributed by atoms with Crippen molar-refractivity contribution in [1.29, 1.82) is 0 Å². The van der Waals surface area contributed by atoms with Crippen molar-refractivity contribution < 1.29 is 14.3 Å². The summed E-state index contributed by atoms with van der Waals surface area (Å²) < 4.78 is 10.0. The summed E-state index contributed by atoms with van der Waals surface area (Å²) >= 11 is 0. The molecule has 4 N–H and O–H groups in total. The zero-order valence-corrected chi connectivity index (χ0v) is 11.0. The van der Waals surface area contributed by atoms with E-state index in [1.54, 1.807) is 20.1 Å². The van der Waals surface area contributed by atoms with Crippen LogP contribution in [-0.4, -0.2) is 25.3 Å². The van der Waals surface area contributed by atoms with Gasteiger partial charge in [-0.25, -0.2) is 4.79 Å². The Bertz CT molecular complexity index is 430. The molecule has 5 heteroatoms. The Morgan fingerprint density at radius 2 is 2.00 bits per heavy atom. The molecule has 0 heterocycles. The molecule has 18 heavy (non-hydrogen) atoms. The highest BCUT2D eigenvalue weighted by Gasteiger charge is 2.31. The van der Waals surface area contributed by atoms with Crippen molar-refractivity contribution in [3.8, 4) is 5.75 Å². The lowest BCUT2D eigenvalue weighted by Gasteiger charge is -2.22. The van der Waals surface area contributed by atoms with E-state index in [9.17, 15) is 4.79 Å². The van der Waals surface area contributed by atoms with E-state index in [2.05, 4.69) is 0 Å². The van der Waals surface area contributed by atoms with E-state index in [4.69, 9.17) is 20.9 Å². The number of rotatable bonds is 5. The van der Waals surface area contributed by atoms with Gasteiger partial charge in [-0.2, -0.15) is 0 Å². The smallest absolute Gasteiger partial charge is 0.341 e. The Morgan fingerprint density at radius 1 is 1.33 bits per heavy atom. The van der Waals surface area contributed by atoms with Gasteiger partial charge in [-0.1, -0.05) is 6.07 Å². The van der Waals surface area contributed by atoms with Crippen molar-refractivity contribution in [2.75, 3.05) is 13.7 Å². The molecule has 0 atom stereocenters. The third-order valence-electron chi connectivity index (χ3n) is 2.50. The molecule has 0 saturated carbocycles. The molecule has 1 rings (SSSR count). The number of hydrogen-bond acceptors (Lipinski definition) is 5. The standard InChI is InChI=1S/C13H20N2O3/c1-4-18-12(16)13(14,15)8-10-5-9(2)6-11(7-10)17-3/h5-7H,4,8,14-15H2,1-3H3. The second-order valence-corrected chi connectivity index (χ2v) is 4.30. The van der Waals surface area contributed by atoms with Crippen LogP contribution in [0.5, 0.6) is 5.75 Å². The van der Waals surface area contributed by atoms with Crippen LogP contribution in [0.15, 0.2) is 18.2 Å². The zero-order valence-electron chi connectivity index (χ0n) is 11.0. The van der Waals surface area contributed by atoms with Crippen LogP contribution in [0.1, 0.15) is 18.1 Å². The van der Waals surface area contributed by atoms with Gasteiger partial charge in [0.2, 0.25) is 0 Å². The lowest BCUT2D eigenvalue weighted by molar-refractivity contribution is -0.149. The van der Waals surface area contributed by atoms with E-state index in [0.717, 1.165) is 11.1 Å². The fraction of sp³-hybridized carbons (Fsp3) is 0.462. The van der Waals surface area contributed by atoms with Gasteiger partial charge in [-0.3, -0.25) is 0 Å². The average molecular weight is 252 g/mol. The predicted molar refractivity (Wildman–Crippen MR) is 69.2 cm³/mol. The molecule has 0 radical (unpaired) electrons. The summed E-state index contributed by atoms with van der Waals surface area (Å²) in [7, 11) is 1.59. The molecule has 0 saturated heterocycles. The molecule has 0 bridgehead atoms. The Morgan fingerprint density at radius 3 is 2.56 bits per heavy atom. The van der Waals surface area contributed by atoms with E-state index < -0.39 is 11.6 Å². The van der Waals surface area contributed by atoms with Gasteiger partial charge in [0.05, 0.1) is 13.7 Å². The van der Waals surface area contributed by atoms with Gasteiger partial charge in [0.1, 0.15) is 5.75 Å². The summed E-state index contributed by atoms with van der Waals surface area (Å²) in [6.45, 7) is 3.90. The van der Waals surface area contributed by atoms with Crippen molar-refractivity contribution >= 4 is 5.97 Å². The third-order valence-corrected chi connectivity index (χ3v) is 2.50. The molecular formula is C13H20N2O3. The normalized spacial score (nSPS) is 11.2. The van der Waals surface area contributed by atoms with Crippen LogP contribution in [0.2, 0.25) is 0 Å². The van der Waals surface area contributed by atoms with Gasteiger partial charge >= 0.3 is 5.97 Å². The van der Waals surface area contributed by atoms with Gasteiger partial charge in [-0.05, 0) is 37.1 Å². The van der Waals surface area contributed by atoms with Gasteiger partial charge in [0.15, 0.2) is 5.66 Å². The number of carbonyl (C=O) groups excluding carboxylic acids is 1. The quantitative estimate of drug-likeness (QED) is 0.595. The van der Waals surface area contributed by atoms with Gasteiger partial charge in [0, 0.05) is 6.42 Å². The van der Waals surface area contributed by atoms with Crippen LogP contribution in [0.3, 0.4) is 0 Å². The van der Waals surface area contributed by atoms with Crippen LogP contribution in [-0.2, 0) is 16.0 Å². The highest BCUT2D eigenvalue weighted by atomic mass is 16.5. The molecule has 0 spiro atoms. The Balaban J connectivity index is 2.89. The summed E-state index contributed by atoms with van der Waals surface area (Å²) in [5.74, 6) is 0.107. The average Bonchev–Trinajstić information content (AvgIpc) is 2.27.